The van der Waals surface area contributed by atoms with Gasteiger partial charge in [0, 0.05) is 61.9 Å². The Morgan fingerprint density at radius 3 is 2.43 bits per heavy atom. The number of hydrazone groups is 1. The van der Waals surface area contributed by atoms with E-state index in [1.54, 1.807) is 29.4 Å². The van der Waals surface area contributed by atoms with E-state index in [1.807, 2.05) is 51.2 Å². The quantitative estimate of drug-likeness (QED) is 0.207. The Labute approximate surface area is 219 Å². The number of pyridine rings is 1. The fourth-order valence-corrected chi connectivity index (χ4v) is 3.98. The van der Waals surface area contributed by atoms with Gasteiger partial charge in [0.2, 0.25) is 5.91 Å². The van der Waals surface area contributed by atoms with Crippen LogP contribution < -0.4 is 9.64 Å². The van der Waals surface area contributed by atoms with Crippen LogP contribution in [0.2, 0.25) is 5.02 Å². The van der Waals surface area contributed by atoms with Gasteiger partial charge in [-0.25, -0.2) is 0 Å². The monoisotopic (exact) mass is 521 g/mol. The molecule has 0 radical (unpaired) electrons. The summed E-state index contributed by atoms with van der Waals surface area (Å²) in [6.07, 6.45) is 4.38. The zero-order valence-electron chi connectivity index (χ0n) is 21.5. The summed E-state index contributed by atoms with van der Waals surface area (Å²) in [5.41, 5.74) is 2.61. The van der Waals surface area contributed by atoms with E-state index in [2.05, 4.69) is 23.7 Å². The standard InChI is InChI=1S/C26H37Cl2N5O2/c1-7-14-32(22-8-9-23(28)25(15-22)35-6)17-20(4)31(5)26(34)18-33(19(2)3)30-24(16-27)21-10-12-29-13-11-21/h8-13,15,19-20H,7,14,16-18H2,1-6H3/b30-24+. The van der Waals surface area contributed by atoms with Crippen molar-refractivity contribution in [3.63, 3.8) is 0 Å². The van der Waals surface area contributed by atoms with Crippen molar-refractivity contribution in [3.05, 3.63) is 53.3 Å². The average molecular weight is 523 g/mol. The van der Waals surface area contributed by atoms with Gasteiger partial charge in [-0.15, -0.1) is 11.6 Å². The summed E-state index contributed by atoms with van der Waals surface area (Å²) in [6, 6.07) is 9.50. The first-order chi connectivity index (χ1) is 16.7. The molecule has 192 valence electrons. The molecule has 0 spiro atoms. The average Bonchev–Trinajstić information content (AvgIpc) is 2.86. The first-order valence-electron chi connectivity index (χ1n) is 11.9. The molecule has 0 saturated carbocycles. The molecular weight excluding hydrogens is 485 g/mol. The van der Waals surface area contributed by atoms with E-state index < -0.39 is 0 Å². The molecule has 1 aromatic heterocycles. The van der Waals surface area contributed by atoms with Crippen molar-refractivity contribution in [2.75, 3.05) is 44.6 Å². The second kappa shape index (κ2) is 14.1. The molecule has 2 aromatic rings. The Balaban J connectivity index is 2.14. The molecule has 0 N–H and O–H groups in total. The minimum absolute atomic E-state index is 0.0104. The van der Waals surface area contributed by atoms with Crippen LogP contribution in [0.15, 0.2) is 47.8 Å². The summed E-state index contributed by atoms with van der Waals surface area (Å²) >= 11 is 12.4. The molecule has 1 unspecified atom stereocenters. The highest BCUT2D eigenvalue weighted by molar-refractivity contribution is 6.32. The Bertz CT molecular complexity index is 971. The highest BCUT2D eigenvalue weighted by Gasteiger charge is 2.22. The Kier molecular flexibility index (Phi) is 11.6. The van der Waals surface area contributed by atoms with Crippen LogP contribution in [0.3, 0.4) is 0 Å². The lowest BCUT2D eigenvalue weighted by Crippen LogP contribution is -2.47. The fourth-order valence-electron chi connectivity index (χ4n) is 3.57. The van der Waals surface area contributed by atoms with Gasteiger partial charge in [0.15, 0.2) is 0 Å². The van der Waals surface area contributed by atoms with Crippen LogP contribution in [0.25, 0.3) is 0 Å². The largest absolute Gasteiger partial charge is 0.495 e. The normalized spacial score (nSPS) is 12.4. The Morgan fingerprint density at radius 1 is 1.17 bits per heavy atom. The van der Waals surface area contributed by atoms with Crippen LogP contribution in [-0.2, 0) is 4.79 Å². The number of hydrogen-bond donors (Lipinski definition) is 0. The van der Waals surface area contributed by atoms with E-state index in [1.165, 1.54) is 0 Å². The molecule has 35 heavy (non-hydrogen) atoms. The number of anilines is 1. The number of amides is 1. The van der Waals surface area contributed by atoms with Gasteiger partial charge >= 0.3 is 0 Å². The number of halogens is 2. The molecule has 0 bridgehead atoms. The van der Waals surface area contributed by atoms with Crippen molar-refractivity contribution in [1.82, 2.24) is 14.9 Å². The summed E-state index contributed by atoms with van der Waals surface area (Å²) in [4.78, 5) is 21.3. The highest BCUT2D eigenvalue weighted by Crippen LogP contribution is 2.29. The van der Waals surface area contributed by atoms with Crippen LogP contribution in [0.1, 0.15) is 39.7 Å². The van der Waals surface area contributed by atoms with Gasteiger partial charge in [-0.1, -0.05) is 18.5 Å². The number of nitrogens with zero attached hydrogens (tertiary/aromatic N) is 5. The maximum atomic E-state index is 13.2. The molecule has 0 aliphatic rings. The van der Waals surface area contributed by atoms with Crippen molar-refractivity contribution >= 4 is 40.5 Å². The van der Waals surface area contributed by atoms with Crippen LogP contribution in [0, 0.1) is 0 Å². The molecule has 1 atom stereocenters. The molecule has 0 aliphatic heterocycles. The predicted octanol–water partition coefficient (Wildman–Crippen LogP) is 5.16. The highest BCUT2D eigenvalue weighted by atomic mass is 35.5. The summed E-state index contributed by atoms with van der Waals surface area (Å²) in [6.45, 7) is 9.89. The number of aromatic nitrogens is 1. The lowest BCUT2D eigenvalue weighted by Gasteiger charge is -2.34. The third kappa shape index (κ3) is 8.29. The van der Waals surface area contributed by atoms with Crippen LogP contribution in [0.5, 0.6) is 5.75 Å². The third-order valence-electron chi connectivity index (χ3n) is 5.82. The van der Waals surface area contributed by atoms with Crippen LogP contribution >= 0.6 is 23.2 Å². The van der Waals surface area contributed by atoms with Crippen LogP contribution in [-0.4, -0.2) is 78.3 Å². The van der Waals surface area contributed by atoms with E-state index in [-0.39, 0.29) is 30.4 Å². The fraction of sp³-hybridized carbons (Fsp3) is 0.500. The number of carbonyl (C=O) groups excluding carboxylic acids is 1. The molecular formula is C26H37Cl2N5O2. The van der Waals surface area contributed by atoms with Crippen molar-refractivity contribution in [2.45, 2.75) is 46.2 Å². The summed E-state index contributed by atoms with van der Waals surface area (Å²) in [7, 11) is 3.45. The van der Waals surface area contributed by atoms with E-state index >= 15 is 0 Å². The molecule has 0 saturated heterocycles. The van der Waals surface area contributed by atoms with E-state index in [4.69, 9.17) is 33.0 Å². The zero-order valence-corrected chi connectivity index (χ0v) is 23.1. The summed E-state index contributed by atoms with van der Waals surface area (Å²) in [5.74, 6) is 0.866. The van der Waals surface area contributed by atoms with Gasteiger partial charge in [-0.3, -0.25) is 14.8 Å². The number of likely N-dealkylation sites (N-methyl/N-ethyl adjacent to an activating group) is 1. The molecule has 1 aromatic carbocycles. The molecule has 1 amide bonds. The number of methoxy groups -OCH3 is 1. The van der Waals surface area contributed by atoms with Crippen molar-refractivity contribution in [1.29, 1.82) is 0 Å². The first kappa shape index (κ1) is 28.7. The van der Waals surface area contributed by atoms with Crippen LogP contribution in [0.4, 0.5) is 5.69 Å². The van der Waals surface area contributed by atoms with E-state index in [0.717, 1.165) is 24.2 Å². The topological polar surface area (TPSA) is 61.3 Å². The molecule has 0 aliphatic carbocycles. The predicted molar refractivity (Wildman–Crippen MR) is 146 cm³/mol. The van der Waals surface area contributed by atoms with Gasteiger partial charge in [0.25, 0.3) is 0 Å². The molecule has 0 fully saturated rings. The lowest BCUT2D eigenvalue weighted by atomic mass is 10.2. The Hall–Kier alpha value is -2.51. The molecule has 1 heterocycles. The minimum atomic E-state index is -0.0265. The number of rotatable bonds is 13. The molecule has 9 heteroatoms. The van der Waals surface area contributed by atoms with E-state index in [9.17, 15) is 4.79 Å². The van der Waals surface area contributed by atoms with Gasteiger partial charge < -0.3 is 14.5 Å². The van der Waals surface area contributed by atoms with Crippen molar-refractivity contribution < 1.29 is 9.53 Å². The number of ether oxygens (including phenoxy) is 1. The Morgan fingerprint density at radius 2 is 1.86 bits per heavy atom. The summed E-state index contributed by atoms with van der Waals surface area (Å²) < 4.78 is 5.39. The smallest absolute Gasteiger partial charge is 0.243 e. The van der Waals surface area contributed by atoms with Gasteiger partial charge in [0.1, 0.15) is 12.3 Å². The van der Waals surface area contributed by atoms with Gasteiger partial charge in [-0.2, -0.15) is 5.10 Å². The number of alkyl halides is 1. The lowest BCUT2D eigenvalue weighted by molar-refractivity contribution is -0.133. The van der Waals surface area contributed by atoms with Gasteiger partial charge in [-0.05, 0) is 51.5 Å². The maximum absolute atomic E-state index is 13.2. The SMILES string of the molecule is CCCN(CC(C)N(C)C(=O)CN(/N=C(\CCl)c1ccncc1)C(C)C)c1ccc(Cl)c(OC)c1. The first-order valence-corrected chi connectivity index (χ1v) is 12.8. The second-order valence-corrected chi connectivity index (χ2v) is 9.40. The number of carbonyl (C=O) groups is 1. The molecule has 2 rings (SSSR count). The van der Waals surface area contributed by atoms with Crippen molar-refractivity contribution in [3.8, 4) is 5.75 Å². The van der Waals surface area contributed by atoms with E-state index in [0.29, 0.717) is 23.0 Å². The zero-order chi connectivity index (χ0) is 26.0. The third-order valence-corrected chi connectivity index (χ3v) is 6.38. The number of benzene rings is 1. The van der Waals surface area contributed by atoms with Gasteiger partial charge in [0.05, 0.1) is 23.7 Å². The second-order valence-electron chi connectivity index (χ2n) is 8.73. The minimum Gasteiger partial charge on any atom is -0.495 e. The molecule has 7 nitrogen and oxygen atoms in total. The number of hydrogen-bond acceptors (Lipinski definition) is 6. The van der Waals surface area contributed by atoms with Crippen molar-refractivity contribution in [2.24, 2.45) is 5.10 Å². The maximum Gasteiger partial charge on any atom is 0.243 e. The summed E-state index contributed by atoms with van der Waals surface area (Å²) in [5, 5.41) is 7.08.